The lowest BCUT2D eigenvalue weighted by atomic mass is 10.00. The molecule has 1 aromatic heterocycles. The van der Waals surface area contributed by atoms with Crippen molar-refractivity contribution in [2.45, 2.75) is 26.7 Å². The SMILES string of the molecule is COc1ccc(C(=O)Nc2c(O)c3ccc(O)cc3oc2=O)cc1CCC(C)C. The van der Waals surface area contributed by atoms with Crippen molar-refractivity contribution in [3.05, 3.63) is 57.9 Å². The Morgan fingerprint density at radius 3 is 2.62 bits per heavy atom. The maximum absolute atomic E-state index is 12.7. The maximum Gasteiger partial charge on any atom is 0.364 e. The van der Waals surface area contributed by atoms with Gasteiger partial charge in [-0.3, -0.25) is 4.79 Å². The van der Waals surface area contributed by atoms with E-state index in [1.165, 1.54) is 18.2 Å². The molecule has 0 aliphatic rings. The van der Waals surface area contributed by atoms with Crippen molar-refractivity contribution in [1.82, 2.24) is 0 Å². The van der Waals surface area contributed by atoms with E-state index < -0.39 is 17.3 Å². The van der Waals surface area contributed by atoms with Gasteiger partial charge in [0.2, 0.25) is 0 Å². The summed E-state index contributed by atoms with van der Waals surface area (Å²) in [5, 5.41) is 22.6. The quantitative estimate of drug-likeness (QED) is 0.541. The van der Waals surface area contributed by atoms with Crippen molar-refractivity contribution in [3.8, 4) is 17.2 Å². The van der Waals surface area contributed by atoms with Gasteiger partial charge in [0.1, 0.15) is 17.1 Å². The van der Waals surface area contributed by atoms with Crippen LogP contribution in [-0.4, -0.2) is 23.2 Å². The molecule has 7 nitrogen and oxygen atoms in total. The minimum Gasteiger partial charge on any atom is -0.508 e. The van der Waals surface area contributed by atoms with Crippen molar-refractivity contribution in [1.29, 1.82) is 0 Å². The molecular formula is C22H23NO6. The summed E-state index contributed by atoms with van der Waals surface area (Å²) >= 11 is 0. The first-order valence-corrected chi connectivity index (χ1v) is 9.27. The van der Waals surface area contributed by atoms with Crippen LogP contribution in [0, 0.1) is 5.92 Å². The van der Waals surface area contributed by atoms with Gasteiger partial charge in [0.15, 0.2) is 11.4 Å². The van der Waals surface area contributed by atoms with Crippen LogP contribution in [0.25, 0.3) is 11.0 Å². The van der Waals surface area contributed by atoms with Gasteiger partial charge in [0.25, 0.3) is 5.91 Å². The lowest BCUT2D eigenvalue weighted by molar-refractivity contribution is 0.102. The predicted molar refractivity (Wildman–Crippen MR) is 110 cm³/mol. The molecule has 0 aliphatic carbocycles. The van der Waals surface area contributed by atoms with Crippen LogP contribution in [0.15, 0.2) is 45.6 Å². The predicted octanol–water partition coefficient (Wildman–Crippen LogP) is 4.05. The maximum atomic E-state index is 12.7. The number of aromatic hydroxyl groups is 2. The second-order valence-electron chi connectivity index (χ2n) is 7.21. The molecule has 0 spiro atoms. The van der Waals surface area contributed by atoms with E-state index in [1.54, 1.807) is 25.3 Å². The number of ether oxygens (including phenoxy) is 1. The number of nitrogens with one attached hydrogen (secondary N) is 1. The summed E-state index contributed by atoms with van der Waals surface area (Å²) in [5.41, 5.74) is -0.0330. The number of anilines is 1. The van der Waals surface area contributed by atoms with E-state index in [0.29, 0.717) is 17.2 Å². The highest BCUT2D eigenvalue weighted by Crippen LogP contribution is 2.32. The first-order valence-electron chi connectivity index (χ1n) is 9.27. The minimum absolute atomic E-state index is 0.0194. The topological polar surface area (TPSA) is 109 Å². The van der Waals surface area contributed by atoms with E-state index in [2.05, 4.69) is 19.2 Å². The van der Waals surface area contributed by atoms with Crippen LogP contribution in [0.5, 0.6) is 17.2 Å². The molecule has 0 bridgehead atoms. The lowest BCUT2D eigenvalue weighted by Crippen LogP contribution is -2.18. The second-order valence-corrected chi connectivity index (χ2v) is 7.21. The fraction of sp³-hybridized carbons (Fsp3) is 0.273. The molecule has 0 saturated heterocycles. The zero-order valence-electron chi connectivity index (χ0n) is 16.5. The molecule has 3 rings (SSSR count). The summed E-state index contributed by atoms with van der Waals surface area (Å²) in [4.78, 5) is 24.9. The molecule has 152 valence electrons. The van der Waals surface area contributed by atoms with Crippen molar-refractivity contribution < 1.29 is 24.2 Å². The van der Waals surface area contributed by atoms with E-state index in [1.807, 2.05) is 0 Å². The Kier molecular flexibility index (Phi) is 5.77. The van der Waals surface area contributed by atoms with Gasteiger partial charge in [-0.25, -0.2) is 4.79 Å². The molecular weight excluding hydrogens is 374 g/mol. The number of rotatable bonds is 6. The largest absolute Gasteiger partial charge is 0.508 e. The monoisotopic (exact) mass is 397 g/mol. The minimum atomic E-state index is -0.914. The van der Waals surface area contributed by atoms with E-state index in [-0.39, 0.29) is 22.4 Å². The molecule has 0 aliphatic heterocycles. The summed E-state index contributed by atoms with van der Waals surface area (Å²) in [7, 11) is 1.57. The van der Waals surface area contributed by atoms with Crippen LogP contribution in [0.1, 0.15) is 36.2 Å². The Labute approximate surface area is 167 Å². The smallest absolute Gasteiger partial charge is 0.364 e. The number of hydrogen-bond acceptors (Lipinski definition) is 6. The zero-order valence-corrected chi connectivity index (χ0v) is 16.5. The third kappa shape index (κ3) is 4.34. The van der Waals surface area contributed by atoms with Gasteiger partial charge in [0.05, 0.1) is 12.5 Å². The number of carbonyl (C=O) groups is 1. The summed E-state index contributed by atoms with van der Waals surface area (Å²) in [6.07, 6.45) is 1.68. The highest BCUT2D eigenvalue weighted by molar-refractivity contribution is 6.06. The third-order valence-electron chi connectivity index (χ3n) is 4.64. The Bertz CT molecular complexity index is 1120. The zero-order chi connectivity index (χ0) is 21.1. The number of phenols is 1. The fourth-order valence-corrected chi connectivity index (χ4v) is 3.03. The number of amides is 1. The first-order chi connectivity index (χ1) is 13.8. The van der Waals surface area contributed by atoms with Crippen LogP contribution in [-0.2, 0) is 6.42 Å². The molecule has 29 heavy (non-hydrogen) atoms. The van der Waals surface area contributed by atoms with E-state index in [4.69, 9.17) is 9.15 Å². The van der Waals surface area contributed by atoms with Gasteiger partial charge in [-0.2, -0.15) is 0 Å². The van der Waals surface area contributed by atoms with Crippen molar-refractivity contribution in [2.75, 3.05) is 12.4 Å². The molecule has 0 radical (unpaired) electrons. The number of aryl methyl sites for hydroxylation is 1. The molecule has 0 atom stereocenters. The summed E-state index contributed by atoms with van der Waals surface area (Å²) < 4.78 is 10.5. The number of methoxy groups -OCH3 is 1. The van der Waals surface area contributed by atoms with E-state index >= 15 is 0 Å². The Balaban J connectivity index is 1.93. The average molecular weight is 397 g/mol. The lowest BCUT2D eigenvalue weighted by Gasteiger charge is -2.13. The summed E-state index contributed by atoms with van der Waals surface area (Å²) in [6, 6.07) is 8.97. The van der Waals surface area contributed by atoms with E-state index in [0.717, 1.165) is 18.4 Å². The van der Waals surface area contributed by atoms with Crippen molar-refractivity contribution >= 4 is 22.6 Å². The third-order valence-corrected chi connectivity index (χ3v) is 4.64. The second kappa shape index (κ2) is 8.26. The average Bonchev–Trinajstić information content (AvgIpc) is 2.68. The van der Waals surface area contributed by atoms with Gasteiger partial charge in [-0.15, -0.1) is 0 Å². The van der Waals surface area contributed by atoms with Crippen LogP contribution in [0.2, 0.25) is 0 Å². The molecule has 0 unspecified atom stereocenters. The number of carbonyl (C=O) groups excluding carboxylic acids is 1. The van der Waals surface area contributed by atoms with Gasteiger partial charge in [-0.1, -0.05) is 13.8 Å². The summed E-state index contributed by atoms with van der Waals surface area (Å²) in [6.45, 7) is 4.23. The van der Waals surface area contributed by atoms with Gasteiger partial charge in [0, 0.05) is 11.6 Å². The highest BCUT2D eigenvalue weighted by atomic mass is 16.5. The first kappa shape index (κ1) is 20.3. The Hall–Kier alpha value is -3.48. The number of benzene rings is 2. The molecule has 1 amide bonds. The van der Waals surface area contributed by atoms with Crippen LogP contribution >= 0.6 is 0 Å². The Morgan fingerprint density at radius 2 is 1.93 bits per heavy atom. The molecule has 2 aromatic carbocycles. The van der Waals surface area contributed by atoms with Gasteiger partial charge in [-0.05, 0) is 54.7 Å². The fourth-order valence-electron chi connectivity index (χ4n) is 3.03. The van der Waals surface area contributed by atoms with Gasteiger partial charge >= 0.3 is 5.63 Å². The van der Waals surface area contributed by atoms with Crippen molar-refractivity contribution in [3.63, 3.8) is 0 Å². The highest BCUT2D eigenvalue weighted by Gasteiger charge is 2.18. The normalized spacial score (nSPS) is 11.0. The number of phenolic OH excluding ortho intramolecular Hbond substituents is 1. The molecule has 3 N–H and O–H groups in total. The van der Waals surface area contributed by atoms with Crippen LogP contribution in [0.3, 0.4) is 0 Å². The van der Waals surface area contributed by atoms with E-state index in [9.17, 15) is 19.8 Å². The Morgan fingerprint density at radius 1 is 1.17 bits per heavy atom. The molecule has 0 saturated carbocycles. The standard InChI is InChI=1S/C22H23NO6/c1-12(2)4-5-13-10-14(6-9-17(13)28-3)21(26)23-19-20(25)16-8-7-15(24)11-18(16)29-22(19)27/h6-12,24-25H,4-5H2,1-3H3,(H,23,26). The summed E-state index contributed by atoms with van der Waals surface area (Å²) in [5.74, 6) is 0.104. The number of fused-ring (bicyclic) bond motifs is 1. The van der Waals surface area contributed by atoms with Gasteiger partial charge < -0.3 is 24.7 Å². The molecule has 3 aromatic rings. The number of hydrogen-bond donors (Lipinski definition) is 3. The molecule has 0 fully saturated rings. The van der Waals surface area contributed by atoms with Crippen molar-refractivity contribution in [2.24, 2.45) is 5.92 Å². The van der Waals surface area contributed by atoms with Crippen LogP contribution < -0.4 is 15.7 Å². The molecule has 7 heteroatoms. The van der Waals surface area contributed by atoms with Crippen LogP contribution in [0.4, 0.5) is 5.69 Å². The molecule has 1 heterocycles.